The maximum Gasteiger partial charge on any atom is 0.271 e. The number of nitrogens with zero attached hydrogens (tertiary/aromatic N) is 1. The fraction of sp³-hybridized carbons (Fsp3) is 0.118. The number of carbonyl (C=O) groups is 2. The Balaban J connectivity index is 1.68. The molecule has 0 spiro atoms. The number of nitrogens with one attached hydrogen (secondary N) is 2. The van der Waals surface area contributed by atoms with E-state index in [0.29, 0.717) is 22.7 Å². The number of hydrogen-bond donors (Lipinski definition) is 2. The molecule has 2 N–H and O–H groups in total. The van der Waals surface area contributed by atoms with Gasteiger partial charge in [0, 0.05) is 28.2 Å². The number of carbonyl (C=O) groups excluding carboxylic acids is 2. The number of ether oxygens (including phenoxy) is 2. The van der Waals surface area contributed by atoms with Gasteiger partial charge in [-0.25, -0.2) is 5.43 Å². The molecule has 8 heteroatoms. The smallest absolute Gasteiger partial charge is 0.271 e. The van der Waals surface area contributed by atoms with Crippen molar-refractivity contribution in [1.82, 2.24) is 5.43 Å². The van der Waals surface area contributed by atoms with E-state index >= 15 is 0 Å². The topological polar surface area (TPSA) is 89.0 Å². The molecular formula is C17H14BrN3O4. The summed E-state index contributed by atoms with van der Waals surface area (Å²) in [6, 6.07) is 10.1. The molecule has 0 aliphatic carbocycles. The number of hydrazone groups is 1. The highest BCUT2D eigenvalue weighted by atomic mass is 79.9. The standard InChI is InChI=1S/C17H14BrN3O4/c1-10(22)20-13-4-2-3-11(5-13)17(23)21-19-8-12-6-15-16(7-14(12)18)25-9-24-15/h2-8H,9H2,1H3,(H,20,22)(H,21,23). The van der Waals surface area contributed by atoms with Crippen LogP contribution in [0.5, 0.6) is 11.5 Å². The third-order valence-corrected chi connectivity index (χ3v) is 3.99. The van der Waals surface area contributed by atoms with Crippen LogP contribution >= 0.6 is 15.9 Å². The van der Waals surface area contributed by atoms with Crippen LogP contribution in [-0.2, 0) is 4.79 Å². The van der Waals surface area contributed by atoms with Gasteiger partial charge in [-0.15, -0.1) is 0 Å². The lowest BCUT2D eigenvalue weighted by Crippen LogP contribution is -2.18. The summed E-state index contributed by atoms with van der Waals surface area (Å²) in [6.07, 6.45) is 1.50. The second-order valence-corrected chi connectivity index (χ2v) is 6.04. The molecule has 0 atom stereocenters. The minimum atomic E-state index is -0.389. The first kappa shape index (κ1) is 17.0. The molecule has 0 bridgehead atoms. The molecule has 2 aromatic rings. The summed E-state index contributed by atoms with van der Waals surface area (Å²) in [4.78, 5) is 23.2. The third kappa shape index (κ3) is 4.16. The number of halogens is 1. The third-order valence-electron chi connectivity index (χ3n) is 3.31. The molecule has 0 fully saturated rings. The van der Waals surface area contributed by atoms with Crippen LogP contribution in [0.2, 0.25) is 0 Å². The number of benzene rings is 2. The lowest BCUT2D eigenvalue weighted by atomic mass is 10.2. The number of fused-ring (bicyclic) bond motifs is 1. The Labute approximate surface area is 152 Å². The molecule has 7 nitrogen and oxygen atoms in total. The number of rotatable bonds is 4. The van der Waals surface area contributed by atoms with E-state index in [-0.39, 0.29) is 18.6 Å². The van der Waals surface area contributed by atoms with Crippen molar-refractivity contribution in [2.75, 3.05) is 12.1 Å². The highest BCUT2D eigenvalue weighted by Crippen LogP contribution is 2.36. The van der Waals surface area contributed by atoms with Crippen LogP contribution < -0.4 is 20.2 Å². The Hall–Kier alpha value is -2.87. The Morgan fingerprint density at radius 2 is 1.96 bits per heavy atom. The van der Waals surface area contributed by atoms with E-state index in [1.54, 1.807) is 36.4 Å². The molecule has 25 heavy (non-hydrogen) atoms. The first-order valence-corrected chi connectivity index (χ1v) is 8.12. The largest absolute Gasteiger partial charge is 0.454 e. The van der Waals surface area contributed by atoms with Crippen molar-refractivity contribution in [2.24, 2.45) is 5.10 Å². The highest BCUT2D eigenvalue weighted by Gasteiger charge is 2.15. The van der Waals surface area contributed by atoms with Crippen molar-refractivity contribution in [1.29, 1.82) is 0 Å². The fourth-order valence-corrected chi connectivity index (χ4v) is 2.62. The molecule has 128 valence electrons. The second kappa shape index (κ2) is 7.35. The SMILES string of the molecule is CC(=O)Nc1cccc(C(=O)NN=Cc2cc3c(cc2Br)OCO3)c1. The molecule has 2 amide bonds. The van der Waals surface area contributed by atoms with Gasteiger partial charge in [-0.3, -0.25) is 9.59 Å². The van der Waals surface area contributed by atoms with E-state index < -0.39 is 0 Å². The number of hydrogen-bond acceptors (Lipinski definition) is 5. The minimum absolute atomic E-state index is 0.184. The molecule has 0 radical (unpaired) electrons. The molecular weight excluding hydrogens is 390 g/mol. The van der Waals surface area contributed by atoms with Crippen molar-refractivity contribution >= 4 is 39.6 Å². The van der Waals surface area contributed by atoms with Crippen LogP contribution in [0.25, 0.3) is 0 Å². The van der Waals surface area contributed by atoms with Gasteiger partial charge in [0.1, 0.15) is 0 Å². The van der Waals surface area contributed by atoms with Gasteiger partial charge in [-0.1, -0.05) is 6.07 Å². The van der Waals surface area contributed by atoms with Gasteiger partial charge in [-0.05, 0) is 46.3 Å². The molecule has 1 aliphatic rings. The van der Waals surface area contributed by atoms with Gasteiger partial charge in [0.15, 0.2) is 11.5 Å². The molecule has 1 heterocycles. The van der Waals surface area contributed by atoms with Gasteiger partial charge in [0.05, 0.1) is 6.21 Å². The van der Waals surface area contributed by atoms with Crippen LogP contribution in [0.15, 0.2) is 46.0 Å². The molecule has 0 unspecified atom stereocenters. The number of anilines is 1. The molecule has 0 aromatic heterocycles. The molecule has 0 saturated carbocycles. The lowest BCUT2D eigenvalue weighted by Gasteiger charge is -2.05. The van der Waals surface area contributed by atoms with Crippen LogP contribution in [0, 0.1) is 0 Å². The average molecular weight is 404 g/mol. The Morgan fingerprint density at radius 3 is 2.72 bits per heavy atom. The van der Waals surface area contributed by atoms with Crippen molar-refractivity contribution in [2.45, 2.75) is 6.92 Å². The van der Waals surface area contributed by atoms with Crippen molar-refractivity contribution < 1.29 is 19.1 Å². The zero-order chi connectivity index (χ0) is 17.8. The first-order valence-electron chi connectivity index (χ1n) is 7.33. The Morgan fingerprint density at radius 1 is 1.20 bits per heavy atom. The molecule has 1 aliphatic heterocycles. The molecule has 3 rings (SSSR count). The van der Waals surface area contributed by atoms with Crippen molar-refractivity contribution in [3.63, 3.8) is 0 Å². The quantitative estimate of drug-likeness (QED) is 0.606. The predicted octanol–water partition coefficient (Wildman–Crippen LogP) is 2.90. The van der Waals surface area contributed by atoms with Gasteiger partial charge in [0.25, 0.3) is 5.91 Å². The minimum Gasteiger partial charge on any atom is -0.454 e. The molecule has 2 aromatic carbocycles. The maximum atomic E-state index is 12.2. The van der Waals surface area contributed by atoms with Gasteiger partial charge < -0.3 is 14.8 Å². The maximum absolute atomic E-state index is 12.2. The van der Waals surface area contributed by atoms with E-state index in [4.69, 9.17) is 9.47 Å². The lowest BCUT2D eigenvalue weighted by molar-refractivity contribution is -0.114. The number of amides is 2. The summed E-state index contributed by atoms with van der Waals surface area (Å²) < 4.78 is 11.4. The van der Waals surface area contributed by atoms with E-state index in [1.807, 2.05) is 0 Å². The monoisotopic (exact) mass is 403 g/mol. The van der Waals surface area contributed by atoms with Crippen LogP contribution in [0.3, 0.4) is 0 Å². The van der Waals surface area contributed by atoms with E-state index in [9.17, 15) is 9.59 Å². The zero-order valence-electron chi connectivity index (χ0n) is 13.2. The Bertz CT molecular complexity index is 867. The van der Waals surface area contributed by atoms with Gasteiger partial charge in [0.2, 0.25) is 12.7 Å². The Kier molecular flexibility index (Phi) is 4.99. The first-order chi connectivity index (χ1) is 12.0. The van der Waals surface area contributed by atoms with Gasteiger partial charge >= 0.3 is 0 Å². The summed E-state index contributed by atoms with van der Waals surface area (Å²) >= 11 is 3.41. The summed E-state index contributed by atoms with van der Waals surface area (Å²) in [5, 5.41) is 6.58. The van der Waals surface area contributed by atoms with Crippen molar-refractivity contribution in [3.05, 3.63) is 52.0 Å². The summed E-state index contributed by atoms with van der Waals surface area (Å²) in [7, 11) is 0. The predicted molar refractivity (Wildman–Crippen MR) is 96.1 cm³/mol. The van der Waals surface area contributed by atoms with Gasteiger partial charge in [-0.2, -0.15) is 5.10 Å². The molecule has 0 saturated heterocycles. The fourth-order valence-electron chi connectivity index (χ4n) is 2.20. The average Bonchev–Trinajstić information content (AvgIpc) is 3.01. The summed E-state index contributed by atoms with van der Waals surface area (Å²) in [5.41, 5.74) is 4.11. The van der Waals surface area contributed by atoms with Crippen LogP contribution in [-0.4, -0.2) is 24.8 Å². The van der Waals surface area contributed by atoms with E-state index in [2.05, 4.69) is 31.8 Å². The summed E-state index contributed by atoms with van der Waals surface area (Å²) in [5.74, 6) is 0.686. The van der Waals surface area contributed by atoms with Crippen LogP contribution in [0.4, 0.5) is 5.69 Å². The summed E-state index contributed by atoms with van der Waals surface area (Å²) in [6.45, 7) is 1.59. The second-order valence-electron chi connectivity index (χ2n) is 5.19. The normalized spacial score (nSPS) is 12.2. The van der Waals surface area contributed by atoms with Crippen LogP contribution in [0.1, 0.15) is 22.8 Å². The van der Waals surface area contributed by atoms with Crippen molar-refractivity contribution in [3.8, 4) is 11.5 Å². The zero-order valence-corrected chi connectivity index (χ0v) is 14.8. The van der Waals surface area contributed by atoms with E-state index in [1.165, 1.54) is 13.1 Å². The highest BCUT2D eigenvalue weighted by molar-refractivity contribution is 9.10. The van der Waals surface area contributed by atoms with E-state index in [0.717, 1.165) is 10.0 Å².